The molecule has 1 fully saturated rings. The Labute approximate surface area is 158 Å². The van der Waals surface area contributed by atoms with Gasteiger partial charge >= 0.3 is 0 Å². The summed E-state index contributed by atoms with van der Waals surface area (Å²) in [5, 5.41) is 1.07. The number of likely N-dealkylation sites (tertiary alicyclic amines) is 1. The molecule has 0 unspecified atom stereocenters. The zero-order valence-corrected chi connectivity index (χ0v) is 15.3. The summed E-state index contributed by atoms with van der Waals surface area (Å²) in [5.41, 5.74) is 1.57. The molecule has 0 spiro atoms. The molecule has 2 aromatic carbocycles. The summed E-state index contributed by atoms with van der Waals surface area (Å²) in [5.74, 6) is 1.62. The van der Waals surface area contributed by atoms with Crippen LogP contribution >= 0.6 is 0 Å². The third-order valence-corrected chi connectivity index (χ3v) is 4.96. The van der Waals surface area contributed by atoms with E-state index in [0.29, 0.717) is 18.7 Å². The molecule has 0 atom stereocenters. The van der Waals surface area contributed by atoms with Gasteiger partial charge in [-0.3, -0.25) is 9.78 Å². The van der Waals surface area contributed by atoms with Crippen molar-refractivity contribution in [3.63, 3.8) is 0 Å². The predicted molar refractivity (Wildman–Crippen MR) is 104 cm³/mol. The number of rotatable bonds is 4. The molecule has 0 saturated carbocycles. The number of benzene rings is 2. The van der Waals surface area contributed by atoms with Crippen molar-refractivity contribution in [1.82, 2.24) is 9.88 Å². The average Bonchev–Trinajstić information content (AvgIpc) is 2.74. The van der Waals surface area contributed by atoms with E-state index in [2.05, 4.69) is 4.98 Å². The number of carbonyl (C=O) groups is 1. The minimum Gasteiger partial charge on any atom is -0.497 e. The first-order valence-electron chi connectivity index (χ1n) is 9.18. The lowest BCUT2D eigenvalue weighted by atomic mass is 10.1. The third kappa shape index (κ3) is 3.72. The zero-order valence-electron chi connectivity index (χ0n) is 15.3. The Balaban J connectivity index is 1.39. The first-order valence-corrected chi connectivity index (χ1v) is 9.18. The summed E-state index contributed by atoms with van der Waals surface area (Å²) in [6, 6.07) is 17.2. The quantitative estimate of drug-likeness (QED) is 0.706. The van der Waals surface area contributed by atoms with Gasteiger partial charge in [0, 0.05) is 43.1 Å². The van der Waals surface area contributed by atoms with Crippen LogP contribution in [0.5, 0.6) is 11.5 Å². The maximum Gasteiger partial charge on any atom is 0.253 e. The van der Waals surface area contributed by atoms with E-state index in [0.717, 1.165) is 35.2 Å². The van der Waals surface area contributed by atoms with Crippen molar-refractivity contribution >= 4 is 16.8 Å². The molecule has 1 amide bonds. The number of fused-ring (bicyclic) bond motifs is 1. The maximum atomic E-state index is 12.7. The van der Waals surface area contributed by atoms with Crippen molar-refractivity contribution in [2.75, 3.05) is 20.2 Å². The SMILES string of the molecule is COc1ccc(C(=O)N2CCC(Oc3cccc4cccnc34)CC2)cc1. The molecule has 27 heavy (non-hydrogen) atoms. The Kier molecular flexibility index (Phi) is 4.92. The van der Waals surface area contributed by atoms with E-state index < -0.39 is 0 Å². The topological polar surface area (TPSA) is 51.7 Å². The number of nitrogens with zero attached hydrogens (tertiary/aromatic N) is 2. The lowest BCUT2D eigenvalue weighted by molar-refractivity contribution is 0.0597. The molecular formula is C22H22N2O3. The van der Waals surface area contributed by atoms with Gasteiger partial charge in [0.2, 0.25) is 0 Å². The lowest BCUT2D eigenvalue weighted by Crippen LogP contribution is -2.41. The van der Waals surface area contributed by atoms with Crippen molar-refractivity contribution in [2.45, 2.75) is 18.9 Å². The Hall–Kier alpha value is -3.08. The van der Waals surface area contributed by atoms with Crippen molar-refractivity contribution in [3.05, 3.63) is 66.4 Å². The van der Waals surface area contributed by atoms with Gasteiger partial charge in [0.25, 0.3) is 5.91 Å². The number of piperidine rings is 1. The van der Waals surface area contributed by atoms with Crippen molar-refractivity contribution in [3.8, 4) is 11.5 Å². The Morgan fingerprint density at radius 2 is 1.78 bits per heavy atom. The van der Waals surface area contributed by atoms with Crippen LogP contribution in [-0.4, -0.2) is 42.1 Å². The lowest BCUT2D eigenvalue weighted by Gasteiger charge is -2.32. The van der Waals surface area contributed by atoms with Crippen LogP contribution in [0.1, 0.15) is 23.2 Å². The van der Waals surface area contributed by atoms with Gasteiger partial charge in [-0.25, -0.2) is 0 Å². The first-order chi connectivity index (χ1) is 13.2. The molecule has 138 valence electrons. The van der Waals surface area contributed by atoms with Gasteiger partial charge in [-0.2, -0.15) is 0 Å². The Morgan fingerprint density at radius 1 is 1.04 bits per heavy atom. The Bertz CT molecular complexity index is 926. The van der Waals surface area contributed by atoms with Crippen LogP contribution in [0.4, 0.5) is 0 Å². The largest absolute Gasteiger partial charge is 0.497 e. The highest BCUT2D eigenvalue weighted by Gasteiger charge is 2.25. The number of aromatic nitrogens is 1. The van der Waals surface area contributed by atoms with E-state index in [-0.39, 0.29) is 12.0 Å². The molecule has 4 rings (SSSR count). The van der Waals surface area contributed by atoms with Crippen molar-refractivity contribution in [2.24, 2.45) is 0 Å². The normalized spacial score (nSPS) is 14.9. The van der Waals surface area contributed by atoms with Gasteiger partial charge in [0.05, 0.1) is 7.11 Å². The van der Waals surface area contributed by atoms with Crippen LogP contribution in [-0.2, 0) is 0 Å². The summed E-state index contributed by atoms with van der Waals surface area (Å²) in [6.45, 7) is 1.38. The molecule has 1 aliphatic heterocycles. The van der Waals surface area contributed by atoms with E-state index in [1.165, 1.54) is 0 Å². The van der Waals surface area contributed by atoms with E-state index in [9.17, 15) is 4.79 Å². The van der Waals surface area contributed by atoms with E-state index in [1.807, 2.05) is 59.5 Å². The standard InChI is InChI=1S/C22H22N2O3/c1-26-18-9-7-17(8-10-18)22(25)24-14-11-19(12-15-24)27-20-6-2-4-16-5-3-13-23-21(16)20/h2-10,13,19H,11-12,14-15H2,1H3. The van der Waals surface area contributed by atoms with Crippen LogP contribution in [0.25, 0.3) is 10.9 Å². The Morgan fingerprint density at radius 3 is 2.52 bits per heavy atom. The molecule has 3 aromatic rings. The fourth-order valence-electron chi connectivity index (χ4n) is 3.44. The van der Waals surface area contributed by atoms with Crippen molar-refractivity contribution in [1.29, 1.82) is 0 Å². The zero-order chi connectivity index (χ0) is 18.6. The highest BCUT2D eigenvalue weighted by atomic mass is 16.5. The number of methoxy groups -OCH3 is 1. The van der Waals surface area contributed by atoms with Crippen molar-refractivity contribution < 1.29 is 14.3 Å². The maximum absolute atomic E-state index is 12.7. The van der Waals surface area contributed by atoms with E-state index >= 15 is 0 Å². The number of para-hydroxylation sites is 1. The predicted octanol–water partition coefficient (Wildman–Crippen LogP) is 3.93. The molecule has 1 saturated heterocycles. The number of ether oxygens (including phenoxy) is 2. The van der Waals surface area contributed by atoms with Gasteiger partial charge in [0.1, 0.15) is 23.1 Å². The second kappa shape index (κ2) is 7.66. The summed E-state index contributed by atoms with van der Waals surface area (Å²) >= 11 is 0. The second-order valence-electron chi connectivity index (χ2n) is 6.67. The van der Waals surface area contributed by atoms with Crippen LogP contribution in [0.3, 0.4) is 0 Å². The van der Waals surface area contributed by atoms with Gasteiger partial charge in [-0.15, -0.1) is 0 Å². The molecule has 1 aliphatic rings. The fraction of sp³-hybridized carbons (Fsp3) is 0.273. The molecule has 0 aliphatic carbocycles. The summed E-state index contributed by atoms with van der Waals surface area (Å²) in [4.78, 5) is 19.0. The first kappa shape index (κ1) is 17.3. The summed E-state index contributed by atoms with van der Waals surface area (Å²) in [6.07, 6.45) is 3.50. The second-order valence-corrected chi connectivity index (χ2v) is 6.67. The summed E-state index contributed by atoms with van der Waals surface area (Å²) in [7, 11) is 1.62. The minimum atomic E-state index is 0.0583. The molecule has 0 bridgehead atoms. The smallest absolute Gasteiger partial charge is 0.253 e. The highest BCUT2D eigenvalue weighted by molar-refractivity contribution is 5.94. The molecule has 1 aromatic heterocycles. The highest BCUT2D eigenvalue weighted by Crippen LogP contribution is 2.26. The fourth-order valence-corrected chi connectivity index (χ4v) is 3.44. The molecular weight excluding hydrogens is 340 g/mol. The van der Waals surface area contributed by atoms with Crippen LogP contribution in [0, 0.1) is 0 Å². The molecule has 5 nitrogen and oxygen atoms in total. The van der Waals surface area contributed by atoms with Gasteiger partial charge < -0.3 is 14.4 Å². The molecule has 2 heterocycles. The monoisotopic (exact) mass is 362 g/mol. The number of hydrogen-bond donors (Lipinski definition) is 0. The number of hydrogen-bond acceptors (Lipinski definition) is 4. The van der Waals surface area contributed by atoms with E-state index in [1.54, 1.807) is 13.3 Å². The van der Waals surface area contributed by atoms with Gasteiger partial charge in [-0.05, 0) is 36.4 Å². The van der Waals surface area contributed by atoms with Crippen LogP contribution in [0.15, 0.2) is 60.8 Å². The average molecular weight is 362 g/mol. The summed E-state index contributed by atoms with van der Waals surface area (Å²) < 4.78 is 11.4. The molecule has 5 heteroatoms. The van der Waals surface area contributed by atoms with Gasteiger partial charge in [-0.1, -0.05) is 18.2 Å². The number of carbonyl (C=O) groups excluding carboxylic acids is 1. The van der Waals surface area contributed by atoms with Crippen LogP contribution < -0.4 is 9.47 Å². The molecule has 0 radical (unpaired) electrons. The third-order valence-electron chi connectivity index (χ3n) is 4.96. The number of amides is 1. The number of pyridine rings is 1. The minimum absolute atomic E-state index is 0.0583. The van der Waals surface area contributed by atoms with Gasteiger partial charge in [0.15, 0.2) is 0 Å². The van der Waals surface area contributed by atoms with E-state index in [4.69, 9.17) is 9.47 Å². The molecule has 0 N–H and O–H groups in total. The van der Waals surface area contributed by atoms with Crippen LogP contribution in [0.2, 0.25) is 0 Å².